The van der Waals surface area contributed by atoms with Crippen molar-refractivity contribution in [3.05, 3.63) is 35.7 Å². The molecule has 0 bridgehead atoms. The number of carbonyl (C=O) groups excluding carboxylic acids is 1. The molecule has 0 radical (unpaired) electrons. The molecule has 0 amide bonds. The van der Waals surface area contributed by atoms with Gasteiger partial charge in [-0.05, 0) is 26.0 Å². The molecule has 3 nitrogen and oxygen atoms in total. The number of hydrogen-bond acceptors (Lipinski definition) is 2. The molecule has 2 heterocycles. The first-order chi connectivity index (χ1) is 6.20. The molecule has 0 atom stereocenters. The fourth-order valence-electron chi connectivity index (χ4n) is 1.55. The average Bonchev–Trinajstić information content (AvgIpc) is 2.39. The van der Waals surface area contributed by atoms with E-state index in [1.54, 1.807) is 11.4 Å². The Morgan fingerprint density at radius 1 is 1.46 bits per heavy atom. The van der Waals surface area contributed by atoms with Gasteiger partial charge in [0.1, 0.15) is 0 Å². The third-order valence-electron chi connectivity index (χ3n) is 2.07. The molecular formula is C10H10N2O. The average molecular weight is 174 g/mol. The van der Waals surface area contributed by atoms with Gasteiger partial charge in [0.25, 0.3) is 0 Å². The van der Waals surface area contributed by atoms with Crippen molar-refractivity contribution in [3.63, 3.8) is 0 Å². The molecular weight excluding hydrogens is 164 g/mol. The Morgan fingerprint density at radius 2 is 2.23 bits per heavy atom. The van der Waals surface area contributed by atoms with Gasteiger partial charge in [-0.15, -0.1) is 0 Å². The summed E-state index contributed by atoms with van der Waals surface area (Å²) in [5.41, 5.74) is 2.40. The largest absolute Gasteiger partial charge is 0.294 e. The fraction of sp³-hybridized carbons (Fsp3) is 0.200. The Morgan fingerprint density at radius 3 is 2.92 bits per heavy atom. The molecule has 0 aliphatic rings. The number of hydrogen-bond donors (Lipinski definition) is 0. The molecule has 3 heteroatoms. The van der Waals surface area contributed by atoms with Gasteiger partial charge in [0.05, 0.1) is 16.8 Å². The van der Waals surface area contributed by atoms with E-state index in [4.69, 9.17) is 0 Å². The third kappa shape index (κ3) is 1.13. The van der Waals surface area contributed by atoms with Gasteiger partial charge in [0.2, 0.25) is 0 Å². The van der Waals surface area contributed by atoms with Crippen molar-refractivity contribution in [2.45, 2.75) is 13.8 Å². The second kappa shape index (κ2) is 2.69. The molecule has 0 N–H and O–H groups in total. The quantitative estimate of drug-likeness (QED) is 0.618. The molecule has 2 rings (SSSR count). The van der Waals surface area contributed by atoms with Crippen molar-refractivity contribution in [1.82, 2.24) is 9.61 Å². The molecule has 0 fully saturated rings. The van der Waals surface area contributed by atoms with Crippen LogP contribution in [0.2, 0.25) is 0 Å². The maximum Gasteiger partial charge on any atom is 0.163 e. The molecule has 2 aromatic rings. The lowest BCUT2D eigenvalue weighted by Gasteiger charge is -1.92. The van der Waals surface area contributed by atoms with E-state index in [9.17, 15) is 4.79 Å². The highest BCUT2D eigenvalue weighted by Crippen LogP contribution is 2.14. The van der Waals surface area contributed by atoms with Crippen LogP contribution in [0.15, 0.2) is 24.4 Å². The van der Waals surface area contributed by atoms with Gasteiger partial charge >= 0.3 is 0 Å². The molecule has 0 unspecified atom stereocenters. The maximum absolute atomic E-state index is 11.3. The zero-order chi connectivity index (χ0) is 9.42. The highest BCUT2D eigenvalue weighted by molar-refractivity contribution is 6.01. The monoisotopic (exact) mass is 174 g/mol. The Labute approximate surface area is 76.0 Å². The third-order valence-corrected chi connectivity index (χ3v) is 2.07. The van der Waals surface area contributed by atoms with Gasteiger partial charge in [0, 0.05) is 6.20 Å². The number of Topliss-reactive ketones (excluding diaryl/α,β-unsaturated/α-hetero) is 1. The molecule has 0 aromatic carbocycles. The summed E-state index contributed by atoms with van der Waals surface area (Å²) in [6, 6.07) is 5.70. The predicted molar refractivity (Wildman–Crippen MR) is 49.9 cm³/mol. The summed E-state index contributed by atoms with van der Waals surface area (Å²) < 4.78 is 1.73. The normalized spacial score (nSPS) is 10.6. The Kier molecular flexibility index (Phi) is 1.65. The summed E-state index contributed by atoms with van der Waals surface area (Å²) in [6.45, 7) is 3.42. The molecule has 13 heavy (non-hydrogen) atoms. The second-order valence-corrected chi connectivity index (χ2v) is 3.05. The van der Waals surface area contributed by atoms with E-state index in [0.717, 1.165) is 16.8 Å². The second-order valence-electron chi connectivity index (χ2n) is 3.05. The number of aromatic nitrogens is 2. The van der Waals surface area contributed by atoms with Crippen LogP contribution in [-0.4, -0.2) is 15.4 Å². The maximum atomic E-state index is 11.3. The van der Waals surface area contributed by atoms with E-state index in [1.165, 1.54) is 0 Å². The number of rotatable bonds is 1. The molecule has 0 saturated carbocycles. The standard InChI is InChI=1S/C10H10N2O/c1-7-10(8(2)13)9-5-3-4-6-12(9)11-7/h3-6H,1-2H3. The first kappa shape index (κ1) is 7.98. The number of fused-ring (bicyclic) bond motifs is 1. The molecule has 2 aromatic heterocycles. The summed E-state index contributed by atoms with van der Waals surface area (Å²) in [5, 5.41) is 4.23. The van der Waals surface area contributed by atoms with Crippen LogP contribution in [0.4, 0.5) is 0 Å². The minimum atomic E-state index is 0.0682. The van der Waals surface area contributed by atoms with Crippen molar-refractivity contribution in [3.8, 4) is 0 Å². The molecule has 0 spiro atoms. The van der Waals surface area contributed by atoms with Gasteiger partial charge in [-0.1, -0.05) is 6.07 Å². The van der Waals surface area contributed by atoms with Crippen molar-refractivity contribution in [2.75, 3.05) is 0 Å². The lowest BCUT2D eigenvalue weighted by Crippen LogP contribution is -1.92. The van der Waals surface area contributed by atoms with E-state index in [-0.39, 0.29) is 5.78 Å². The summed E-state index contributed by atoms with van der Waals surface area (Å²) in [4.78, 5) is 11.3. The Bertz CT molecular complexity index is 471. The van der Waals surface area contributed by atoms with Gasteiger partial charge < -0.3 is 0 Å². The SMILES string of the molecule is CC(=O)c1c(C)nn2ccccc12. The molecule has 0 saturated heterocycles. The lowest BCUT2D eigenvalue weighted by atomic mass is 10.1. The van der Waals surface area contributed by atoms with Crippen LogP contribution in [-0.2, 0) is 0 Å². The summed E-state index contributed by atoms with van der Waals surface area (Å²) >= 11 is 0. The van der Waals surface area contributed by atoms with Crippen molar-refractivity contribution >= 4 is 11.3 Å². The number of nitrogens with zero attached hydrogens (tertiary/aromatic N) is 2. The van der Waals surface area contributed by atoms with E-state index in [1.807, 2.05) is 31.3 Å². The van der Waals surface area contributed by atoms with Crippen LogP contribution >= 0.6 is 0 Å². The van der Waals surface area contributed by atoms with E-state index in [0.29, 0.717) is 0 Å². The van der Waals surface area contributed by atoms with Gasteiger partial charge in [0.15, 0.2) is 5.78 Å². The Balaban J connectivity index is 2.86. The molecule has 0 aliphatic heterocycles. The lowest BCUT2D eigenvalue weighted by molar-refractivity contribution is 0.101. The first-order valence-corrected chi connectivity index (χ1v) is 4.15. The summed E-state index contributed by atoms with van der Waals surface area (Å²) in [6.07, 6.45) is 1.84. The van der Waals surface area contributed by atoms with Crippen LogP contribution in [0.25, 0.3) is 5.52 Å². The Hall–Kier alpha value is -1.64. The van der Waals surface area contributed by atoms with E-state index >= 15 is 0 Å². The molecule has 66 valence electrons. The first-order valence-electron chi connectivity index (χ1n) is 4.15. The van der Waals surface area contributed by atoms with Gasteiger partial charge in [-0.25, -0.2) is 4.52 Å². The molecule has 0 aliphatic carbocycles. The smallest absolute Gasteiger partial charge is 0.163 e. The minimum absolute atomic E-state index is 0.0682. The van der Waals surface area contributed by atoms with Crippen LogP contribution in [0.1, 0.15) is 23.0 Å². The van der Waals surface area contributed by atoms with Gasteiger partial charge in [-0.2, -0.15) is 5.10 Å². The number of ketones is 1. The number of carbonyl (C=O) groups is 1. The topological polar surface area (TPSA) is 34.4 Å². The highest BCUT2D eigenvalue weighted by atomic mass is 16.1. The van der Waals surface area contributed by atoms with Crippen molar-refractivity contribution < 1.29 is 4.79 Å². The van der Waals surface area contributed by atoms with Crippen LogP contribution < -0.4 is 0 Å². The summed E-state index contributed by atoms with van der Waals surface area (Å²) in [7, 11) is 0. The minimum Gasteiger partial charge on any atom is -0.294 e. The van der Waals surface area contributed by atoms with E-state index in [2.05, 4.69) is 5.10 Å². The van der Waals surface area contributed by atoms with Gasteiger partial charge in [-0.3, -0.25) is 4.79 Å². The highest BCUT2D eigenvalue weighted by Gasteiger charge is 2.11. The van der Waals surface area contributed by atoms with Crippen molar-refractivity contribution in [2.24, 2.45) is 0 Å². The van der Waals surface area contributed by atoms with Crippen LogP contribution in [0.5, 0.6) is 0 Å². The number of aryl methyl sites for hydroxylation is 1. The van der Waals surface area contributed by atoms with Crippen LogP contribution in [0.3, 0.4) is 0 Å². The van der Waals surface area contributed by atoms with Crippen molar-refractivity contribution in [1.29, 1.82) is 0 Å². The zero-order valence-corrected chi connectivity index (χ0v) is 7.61. The summed E-state index contributed by atoms with van der Waals surface area (Å²) in [5.74, 6) is 0.0682. The van der Waals surface area contributed by atoms with Crippen LogP contribution in [0, 0.1) is 6.92 Å². The zero-order valence-electron chi connectivity index (χ0n) is 7.61. The fourth-order valence-corrected chi connectivity index (χ4v) is 1.55. The predicted octanol–water partition coefficient (Wildman–Crippen LogP) is 1.85. The van der Waals surface area contributed by atoms with E-state index < -0.39 is 0 Å². The number of pyridine rings is 1.